The molecule has 0 aromatic rings. The van der Waals surface area contributed by atoms with Crippen LogP contribution in [-0.4, -0.2) is 47.5 Å². The fraction of sp³-hybridized carbons (Fsp3) is 0.900. The predicted molar refractivity (Wildman–Crippen MR) is 65.4 cm³/mol. The van der Waals surface area contributed by atoms with Gasteiger partial charge in [-0.25, -0.2) is 0 Å². The zero-order valence-electron chi connectivity index (χ0n) is 9.04. The normalized spacial score (nSPS) is 31.2. The van der Waals surface area contributed by atoms with Crippen molar-refractivity contribution in [2.75, 3.05) is 26.2 Å². The van der Waals surface area contributed by atoms with E-state index in [1.165, 1.54) is 32.4 Å². The minimum atomic E-state index is 0.0840. The largest absolute Gasteiger partial charge is 0.370 e. The summed E-state index contributed by atoms with van der Waals surface area (Å²) in [5, 5.41) is 11.7. The van der Waals surface area contributed by atoms with E-state index in [4.69, 9.17) is 11.1 Å². The van der Waals surface area contributed by atoms with Crippen LogP contribution in [0.15, 0.2) is 0 Å². The van der Waals surface area contributed by atoms with E-state index < -0.39 is 0 Å². The van der Waals surface area contributed by atoms with Crippen LogP contribution in [0.25, 0.3) is 0 Å². The van der Waals surface area contributed by atoms with Crippen LogP contribution < -0.4 is 11.1 Å². The van der Waals surface area contributed by atoms with E-state index in [1.807, 2.05) is 0 Å². The van der Waals surface area contributed by atoms with Crippen LogP contribution in [0.4, 0.5) is 0 Å². The lowest BCUT2D eigenvalue weighted by atomic mass is 10.1. The van der Waals surface area contributed by atoms with Crippen LogP contribution in [-0.2, 0) is 0 Å². The summed E-state index contributed by atoms with van der Waals surface area (Å²) in [6.45, 7) is 4.26. The molecule has 86 valence electrons. The highest BCUT2D eigenvalue weighted by Crippen LogP contribution is 2.38. The lowest BCUT2D eigenvalue weighted by Gasteiger charge is -2.23. The molecule has 2 atom stereocenters. The standard InChI is InChI=1S/C10H20N4S/c11-10(12)13-4-6-14-5-3-8-1-2-9(7-14)15-8/h8-9H,1-7H2,(H4,11,12,13). The minimum Gasteiger partial charge on any atom is -0.370 e. The second-order valence-corrected chi connectivity index (χ2v) is 5.99. The molecule has 2 aliphatic heterocycles. The highest BCUT2D eigenvalue weighted by atomic mass is 32.2. The maximum atomic E-state index is 7.08. The molecule has 2 rings (SSSR count). The fourth-order valence-corrected chi connectivity index (χ4v) is 4.01. The van der Waals surface area contributed by atoms with Gasteiger partial charge in [0.05, 0.1) is 0 Å². The van der Waals surface area contributed by atoms with Crippen molar-refractivity contribution in [3.8, 4) is 0 Å². The number of thioether (sulfide) groups is 1. The number of hydrogen-bond donors (Lipinski definition) is 3. The molecule has 15 heavy (non-hydrogen) atoms. The third-order valence-electron chi connectivity index (χ3n) is 3.17. The van der Waals surface area contributed by atoms with Crippen molar-refractivity contribution in [1.29, 1.82) is 5.41 Å². The second-order valence-electron chi connectivity index (χ2n) is 4.39. The van der Waals surface area contributed by atoms with Gasteiger partial charge in [-0.15, -0.1) is 0 Å². The number of nitrogens with one attached hydrogen (secondary N) is 2. The Labute approximate surface area is 95.5 Å². The van der Waals surface area contributed by atoms with Crippen molar-refractivity contribution in [2.45, 2.75) is 29.8 Å². The molecule has 0 aromatic heterocycles. The monoisotopic (exact) mass is 228 g/mol. The molecule has 0 aliphatic carbocycles. The maximum Gasteiger partial charge on any atom is 0.185 e. The van der Waals surface area contributed by atoms with E-state index >= 15 is 0 Å². The molecule has 0 aromatic carbocycles. The molecule has 2 saturated heterocycles. The quantitative estimate of drug-likeness (QED) is 0.484. The Morgan fingerprint density at radius 1 is 1.40 bits per heavy atom. The van der Waals surface area contributed by atoms with Crippen molar-refractivity contribution >= 4 is 17.7 Å². The van der Waals surface area contributed by atoms with Gasteiger partial charge < -0.3 is 16.0 Å². The molecule has 2 heterocycles. The summed E-state index contributed by atoms with van der Waals surface area (Å²) in [6, 6.07) is 0. The first kappa shape index (κ1) is 11.1. The van der Waals surface area contributed by atoms with Gasteiger partial charge in [0.15, 0.2) is 5.96 Å². The van der Waals surface area contributed by atoms with Crippen LogP contribution in [0.1, 0.15) is 19.3 Å². The van der Waals surface area contributed by atoms with Crippen molar-refractivity contribution in [2.24, 2.45) is 5.73 Å². The summed E-state index contributed by atoms with van der Waals surface area (Å²) in [5.41, 5.74) is 5.25. The van der Waals surface area contributed by atoms with Crippen LogP contribution in [0, 0.1) is 5.41 Å². The molecular weight excluding hydrogens is 208 g/mol. The van der Waals surface area contributed by atoms with Gasteiger partial charge >= 0.3 is 0 Å². The van der Waals surface area contributed by atoms with E-state index in [2.05, 4.69) is 22.0 Å². The minimum absolute atomic E-state index is 0.0840. The van der Waals surface area contributed by atoms with E-state index in [0.717, 1.165) is 23.6 Å². The Kier molecular flexibility index (Phi) is 3.75. The van der Waals surface area contributed by atoms with Crippen molar-refractivity contribution in [1.82, 2.24) is 10.2 Å². The lowest BCUT2D eigenvalue weighted by Crippen LogP contribution is -2.40. The maximum absolute atomic E-state index is 7.08. The van der Waals surface area contributed by atoms with Gasteiger partial charge in [-0.05, 0) is 25.8 Å². The third-order valence-corrected chi connectivity index (χ3v) is 4.79. The van der Waals surface area contributed by atoms with Crippen LogP contribution >= 0.6 is 11.8 Å². The SMILES string of the molecule is N=C(N)NCCN1CCC2CCC(C1)S2. The number of guanidine groups is 1. The van der Waals surface area contributed by atoms with Gasteiger partial charge in [-0.2, -0.15) is 11.8 Å². The van der Waals surface area contributed by atoms with Crippen LogP contribution in [0.3, 0.4) is 0 Å². The third kappa shape index (κ3) is 3.28. The van der Waals surface area contributed by atoms with Crippen molar-refractivity contribution in [3.63, 3.8) is 0 Å². The Morgan fingerprint density at radius 2 is 2.20 bits per heavy atom. The Balaban J connectivity index is 1.71. The molecule has 0 radical (unpaired) electrons. The molecule has 2 fully saturated rings. The van der Waals surface area contributed by atoms with Crippen LogP contribution in [0.5, 0.6) is 0 Å². The van der Waals surface area contributed by atoms with Crippen molar-refractivity contribution in [3.05, 3.63) is 0 Å². The Hall–Kier alpha value is -0.420. The predicted octanol–water partition coefficient (Wildman–Crippen LogP) is 0.439. The molecular formula is C10H20N4S. The second kappa shape index (κ2) is 5.07. The molecule has 0 spiro atoms. The Morgan fingerprint density at radius 3 is 3.00 bits per heavy atom. The Bertz CT molecular complexity index is 233. The fourth-order valence-electron chi connectivity index (χ4n) is 2.38. The number of likely N-dealkylation sites (tertiary alicyclic amines) is 1. The summed E-state index contributed by atoms with van der Waals surface area (Å²) >= 11 is 2.19. The number of fused-ring (bicyclic) bond motifs is 2. The van der Waals surface area contributed by atoms with E-state index in [1.54, 1.807) is 0 Å². The van der Waals surface area contributed by atoms with Gasteiger partial charge in [-0.1, -0.05) is 0 Å². The van der Waals surface area contributed by atoms with Gasteiger partial charge in [0.25, 0.3) is 0 Å². The molecule has 2 aliphatic rings. The average Bonchev–Trinajstić information content (AvgIpc) is 2.49. The van der Waals surface area contributed by atoms with E-state index in [-0.39, 0.29) is 5.96 Å². The number of nitrogens with two attached hydrogens (primary N) is 1. The van der Waals surface area contributed by atoms with Gasteiger partial charge in [-0.3, -0.25) is 5.41 Å². The molecule has 2 bridgehead atoms. The number of nitrogens with zero attached hydrogens (tertiary/aromatic N) is 1. The summed E-state index contributed by atoms with van der Waals surface area (Å²) in [7, 11) is 0. The molecule has 0 amide bonds. The lowest BCUT2D eigenvalue weighted by molar-refractivity contribution is 0.266. The van der Waals surface area contributed by atoms with Crippen molar-refractivity contribution < 1.29 is 0 Å². The first-order chi connectivity index (χ1) is 7.24. The van der Waals surface area contributed by atoms with Crippen LogP contribution in [0.2, 0.25) is 0 Å². The zero-order chi connectivity index (χ0) is 10.7. The molecule has 2 unspecified atom stereocenters. The van der Waals surface area contributed by atoms with E-state index in [0.29, 0.717) is 0 Å². The smallest absolute Gasteiger partial charge is 0.185 e. The number of hydrogen-bond acceptors (Lipinski definition) is 3. The first-order valence-corrected chi connectivity index (χ1v) is 6.64. The van der Waals surface area contributed by atoms with Gasteiger partial charge in [0, 0.05) is 30.1 Å². The summed E-state index contributed by atoms with van der Waals surface area (Å²) < 4.78 is 0. The molecule has 5 heteroatoms. The molecule has 0 saturated carbocycles. The molecule has 4 nitrogen and oxygen atoms in total. The highest BCUT2D eigenvalue weighted by molar-refractivity contribution is 8.00. The highest BCUT2D eigenvalue weighted by Gasteiger charge is 2.30. The summed E-state index contributed by atoms with van der Waals surface area (Å²) in [4.78, 5) is 2.51. The van der Waals surface area contributed by atoms with E-state index in [9.17, 15) is 0 Å². The summed E-state index contributed by atoms with van der Waals surface area (Å²) in [5.74, 6) is 0.0840. The van der Waals surface area contributed by atoms with Gasteiger partial charge in [0.2, 0.25) is 0 Å². The number of rotatable bonds is 3. The first-order valence-electron chi connectivity index (χ1n) is 5.70. The molecule has 4 N–H and O–H groups in total. The topological polar surface area (TPSA) is 65.1 Å². The average molecular weight is 228 g/mol. The summed E-state index contributed by atoms with van der Waals surface area (Å²) in [6.07, 6.45) is 4.15. The zero-order valence-corrected chi connectivity index (χ0v) is 9.85. The van der Waals surface area contributed by atoms with Gasteiger partial charge in [0.1, 0.15) is 0 Å².